The van der Waals surface area contributed by atoms with E-state index in [4.69, 9.17) is 18.6 Å². The van der Waals surface area contributed by atoms with E-state index in [1.165, 1.54) is 45.4 Å². The molecule has 0 saturated heterocycles. The maximum absolute atomic E-state index is 12.6. The first-order valence-corrected chi connectivity index (χ1v) is 12.3. The predicted octanol–water partition coefficient (Wildman–Crippen LogP) is 6.97. The summed E-state index contributed by atoms with van der Waals surface area (Å²) in [6.07, 6.45) is 15.2. The summed E-state index contributed by atoms with van der Waals surface area (Å²) < 4.78 is 22.6. The fourth-order valence-electron chi connectivity index (χ4n) is 3.59. The summed E-state index contributed by atoms with van der Waals surface area (Å²) in [7, 11) is 0. The molecule has 33 heavy (non-hydrogen) atoms. The summed E-state index contributed by atoms with van der Waals surface area (Å²) in [5, 5.41) is 0.436. The summed E-state index contributed by atoms with van der Waals surface area (Å²) in [6.45, 7) is 6.36. The van der Waals surface area contributed by atoms with Crippen molar-refractivity contribution in [1.82, 2.24) is 0 Å². The summed E-state index contributed by atoms with van der Waals surface area (Å²) in [5.74, 6) is -0.0906. The minimum Gasteiger partial charge on any atom is -0.493 e. The van der Waals surface area contributed by atoms with E-state index in [2.05, 4.69) is 6.92 Å². The summed E-state index contributed by atoms with van der Waals surface area (Å²) in [6, 6.07) is 5.19. The van der Waals surface area contributed by atoms with Crippen molar-refractivity contribution in [3.05, 3.63) is 40.8 Å². The highest BCUT2D eigenvalue weighted by molar-refractivity contribution is 5.93. The van der Waals surface area contributed by atoms with Crippen molar-refractivity contribution in [1.29, 1.82) is 0 Å². The smallest absolute Gasteiger partial charge is 0.383 e. The number of rotatable bonds is 16. The number of unbranched alkanes of at least 4 members (excludes halogenated alkanes) is 7. The molecule has 182 valence electrons. The number of esters is 1. The Hall–Kier alpha value is -2.76. The molecule has 0 amide bonds. The SMILES string of the molecule is CC/C=C/CCOc1c(OC(C)=O)c2c(OCCCCCCCCCC)cccc2oc1=O. The molecular weight excluding hydrogens is 420 g/mol. The number of allylic oxidation sites excluding steroid dienone is 1. The molecule has 1 aromatic heterocycles. The van der Waals surface area contributed by atoms with Crippen molar-refractivity contribution in [3.8, 4) is 17.2 Å². The molecule has 0 unspecified atom stereocenters. The zero-order valence-electron chi connectivity index (χ0n) is 20.3. The Labute approximate surface area is 196 Å². The van der Waals surface area contributed by atoms with Crippen molar-refractivity contribution in [2.45, 2.75) is 85.0 Å². The Balaban J connectivity index is 2.12. The number of benzene rings is 1. The molecule has 0 atom stereocenters. The second-order valence-corrected chi connectivity index (χ2v) is 8.11. The van der Waals surface area contributed by atoms with E-state index in [-0.39, 0.29) is 18.1 Å². The first-order valence-electron chi connectivity index (χ1n) is 12.3. The van der Waals surface area contributed by atoms with Crippen LogP contribution in [-0.4, -0.2) is 19.2 Å². The molecule has 1 heterocycles. The quantitative estimate of drug-likeness (QED) is 0.117. The normalized spacial score (nSPS) is 11.2. The van der Waals surface area contributed by atoms with E-state index in [0.717, 1.165) is 19.3 Å². The van der Waals surface area contributed by atoms with Crippen LogP contribution in [0.3, 0.4) is 0 Å². The van der Waals surface area contributed by atoms with Crippen molar-refractivity contribution < 1.29 is 23.4 Å². The van der Waals surface area contributed by atoms with Gasteiger partial charge in [0.2, 0.25) is 5.75 Å². The third-order valence-electron chi connectivity index (χ3n) is 5.24. The van der Waals surface area contributed by atoms with Gasteiger partial charge in [-0.3, -0.25) is 4.79 Å². The van der Waals surface area contributed by atoms with Crippen LogP contribution in [0.5, 0.6) is 17.2 Å². The maximum Gasteiger partial charge on any atom is 0.383 e. The highest BCUT2D eigenvalue weighted by Gasteiger charge is 2.22. The van der Waals surface area contributed by atoms with E-state index in [1.54, 1.807) is 18.2 Å². The molecule has 0 saturated carbocycles. The molecular formula is C27H38O6. The van der Waals surface area contributed by atoms with Crippen LogP contribution in [0.2, 0.25) is 0 Å². The highest BCUT2D eigenvalue weighted by Crippen LogP contribution is 2.39. The minimum atomic E-state index is -0.682. The van der Waals surface area contributed by atoms with Gasteiger partial charge in [-0.25, -0.2) is 4.79 Å². The average Bonchev–Trinajstić information content (AvgIpc) is 2.79. The van der Waals surface area contributed by atoms with Gasteiger partial charge in [0, 0.05) is 6.92 Å². The Morgan fingerprint density at radius 2 is 1.64 bits per heavy atom. The van der Waals surface area contributed by atoms with E-state index < -0.39 is 11.6 Å². The van der Waals surface area contributed by atoms with Crippen LogP contribution in [-0.2, 0) is 4.79 Å². The second kappa shape index (κ2) is 15.1. The highest BCUT2D eigenvalue weighted by atomic mass is 16.6. The van der Waals surface area contributed by atoms with E-state index in [0.29, 0.717) is 29.7 Å². The van der Waals surface area contributed by atoms with Crippen LogP contribution in [0, 0.1) is 0 Å². The lowest BCUT2D eigenvalue weighted by molar-refractivity contribution is -0.131. The lowest BCUT2D eigenvalue weighted by atomic mass is 10.1. The number of carbonyl (C=O) groups excluding carboxylic acids is 1. The molecule has 6 nitrogen and oxygen atoms in total. The van der Waals surface area contributed by atoms with Gasteiger partial charge < -0.3 is 18.6 Å². The molecule has 2 aromatic rings. The Bertz CT molecular complexity index is 944. The van der Waals surface area contributed by atoms with Gasteiger partial charge in [-0.2, -0.15) is 0 Å². The fourth-order valence-corrected chi connectivity index (χ4v) is 3.59. The van der Waals surface area contributed by atoms with Crippen LogP contribution in [0.25, 0.3) is 11.0 Å². The van der Waals surface area contributed by atoms with Gasteiger partial charge >= 0.3 is 11.6 Å². The predicted molar refractivity (Wildman–Crippen MR) is 131 cm³/mol. The van der Waals surface area contributed by atoms with Gasteiger partial charge in [-0.05, 0) is 31.4 Å². The maximum atomic E-state index is 12.6. The minimum absolute atomic E-state index is 0.0553. The van der Waals surface area contributed by atoms with Crippen molar-refractivity contribution in [2.75, 3.05) is 13.2 Å². The number of ether oxygens (including phenoxy) is 3. The topological polar surface area (TPSA) is 75.0 Å². The zero-order chi connectivity index (χ0) is 23.9. The van der Waals surface area contributed by atoms with Gasteiger partial charge in [0.25, 0.3) is 0 Å². The molecule has 0 aliphatic carbocycles. The third kappa shape index (κ3) is 8.95. The molecule has 0 fully saturated rings. The number of hydrogen-bond acceptors (Lipinski definition) is 6. The second-order valence-electron chi connectivity index (χ2n) is 8.11. The van der Waals surface area contributed by atoms with E-state index in [1.807, 2.05) is 19.1 Å². The summed E-state index contributed by atoms with van der Waals surface area (Å²) in [4.78, 5) is 24.4. The molecule has 1 aromatic carbocycles. The largest absolute Gasteiger partial charge is 0.493 e. The van der Waals surface area contributed by atoms with Crippen molar-refractivity contribution in [3.63, 3.8) is 0 Å². The molecule has 2 rings (SSSR count). The fraction of sp³-hybridized carbons (Fsp3) is 0.556. The number of hydrogen-bond donors (Lipinski definition) is 0. The van der Waals surface area contributed by atoms with E-state index in [9.17, 15) is 9.59 Å². The van der Waals surface area contributed by atoms with Crippen molar-refractivity contribution in [2.24, 2.45) is 0 Å². The van der Waals surface area contributed by atoms with Gasteiger partial charge in [0.1, 0.15) is 16.7 Å². The lowest BCUT2D eigenvalue weighted by Gasteiger charge is -2.14. The number of carbonyl (C=O) groups is 1. The molecule has 0 aliphatic heterocycles. The average molecular weight is 459 g/mol. The molecule has 0 radical (unpaired) electrons. The first-order chi connectivity index (χ1) is 16.1. The van der Waals surface area contributed by atoms with Gasteiger partial charge in [-0.1, -0.05) is 77.0 Å². The third-order valence-corrected chi connectivity index (χ3v) is 5.24. The summed E-state index contributed by atoms with van der Waals surface area (Å²) in [5.41, 5.74) is -0.388. The Morgan fingerprint density at radius 3 is 2.33 bits per heavy atom. The molecule has 0 spiro atoms. The van der Waals surface area contributed by atoms with Gasteiger partial charge in [0.05, 0.1) is 13.2 Å². The molecule has 0 aliphatic rings. The zero-order valence-corrected chi connectivity index (χ0v) is 20.3. The molecule has 0 bridgehead atoms. The summed E-state index contributed by atoms with van der Waals surface area (Å²) >= 11 is 0. The van der Waals surface area contributed by atoms with E-state index >= 15 is 0 Å². The first kappa shape index (κ1) is 26.5. The van der Waals surface area contributed by atoms with Crippen LogP contribution in [0.4, 0.5) is 0 Å². The molecule has 6 heteroatoms. The van der Waals surface area contributed by atoms with Crippen LogP contribution in [0.1, 0.15) is 85.0 Å². The van der Waals surface area contributed by atoms with Crippen LogP contribution in [0.15, 0.2) is 39.6 Å². The standard InChI is InChI=1S/C27H38O6/c1-4-6-8-10-11-12-13-15-19-30-22-17-16-18-23-24(22)25(32-21(3)28)26(27(29)33-23)31-20-14-9-7-5-2/h7,9,16-18H,4-6,8,10-15,19-20H2,1-3H3/b9-7+. The molecule has 0 N–H and O–H groups in total. The van der Waals surface area contributed by atoms with Crippen LogP contribution >= 0.6 is 0 Å². The van der Waals surface area contributed by atoms with Gasteiger partial charge in [-0.15, -0.1) is 0 Å². The monoisotopic (exact) mass is 458 g/mol. The number of fused-ring (bicyclic) bond motifs is 1. The Kier molecular flexibility index (Phi) is 12.2. The van der Waals surface area contributed by atoms with Crippen molar-refractivity contribution >= 4 is 16.9 Å². The van der Waals surface area contributed by atoms with Crippen LogP contribution < -0.4 is 19.8 Å². The Morgan fingerprint density at radius 1 is 0.909 bits per heavy atom. The lowest BCUT2D eigenvalue weighted by Crippen LogP contribution is -2.13. The van der Waals surface area contributed by atoms with Gasteiger partial charge in [0.15, 0.2) is 5.75 Å².